The van der Waals surface area contributed by atoms with Crippen molar-refractivity contribution >= 4 is 17.7 Å². The molecule has 0 spiro atoms. The number of anilines is 1. The third kappa shape index (κ3) is 4.20. The van der Waals surface area contributed by atoms with Gasteiger partial charge >= 0.3 is 6.01 Å². The van der Waals surface area contributed by atoms with Crippen LogP contribution in [0.2, 0.25) is 0 Å². The summed E-state index contributed by atoms with van der Waals surface area (Å²) in [5.41, 5.74) is 2.67. The van der Waals surface area contributed by atoms with Crippen LogP contribution in [0.4, 0.5) is 6.01 Å². The first-order valence-corrected chi connectivity index (χ1v) is 10.2. The van der Waals surface area contributed by atoms with Gasteiger partial charge in [0.15, 0.2) is 11.5 Å². The lowest BCUT2D eigenvalue weighted by Crippen LogP contribution is -2.17. The second kappa shape index (κ2) is 8.76. The quantitative estimate of drug-likeness (QED) is 0.355. The zero-order chi connectivity index (χ0) is 22.6. The lowest BCUT2D eigenvalue weighted by atomic mass is 9.94. The molecule has 1 amide bonds. The van der Waals surface area contributed by atoms with Crippen molar-refractivity contribution in [2.75, 3.05) is 5.32 Å². The second-order valence-electron chi connectivity index (χ2n) is 7.17. The molecular formula is C26H17N3O4. The van der Waals surface area contributed by atoms with Crippen molar-refractivity contribution < 1.29 is 18.4 Å². The van der Waals surface area contributed by atoms with E-state index in [2.05, 4.69) is 15.5 Å². The van der Waals surface area contributed by atoms with Gasteiger partial charge in [-0.15, -0.1) is 5.10 Å². The van der Waals surface area contributed by atoms with E-state index < -0.39 is 5.91 Å². The minimum absolute atomic E-state index is 0.102. The van der Waals surface area contributed by atoms with Gasteiger partial charge in [0.05, 0.1) is 11.8 Å². The first kappa shape index (κ1) is 20.1. The van der Waals surface area contributed by atoms with E-state index in [0.29, 0.717) is 11.3 Å². The summed E-state index contributed by atoms with van der Waals surface area (Å²) in [7, 11) is 0. The Balaban J connectivity index is 1.51. The van der Waals surface area contributed by atoms with E-state index in [1.54, 1.807) is 48.5 Å². The predicted octanol–water partition coefficient (Wildman–Crippen LogP) is 5.48. The van der Waals surface area contributed by atoms with Crippen LogP contribution in [-0.4, -0.2) is 21.9 Å². The molecule has 0 saturated heterocycles. The minimum atomic E-state index is -0.540. The van der Waals surface area contributed by atoms with Crippen molar-refractivity contribution in [1.29, 1.82) is 0 Å². The first-order chi connectivity index (χ1) is 16.2. The Labute approximate surface area is 188 Å². The van der Waals surface area contributed by atoms with Crippen LogP contribution < -0.4 is 5.32 Å². The molecule has 0 atom stereocenters. The van der Waals surface area contributed by atoms with Crippen molar-refractivity contribution in [3.8, 4) is 22.8 Å². The minimum Gasteiger partial charge on any atom is -0.459 e. The molecule has 0 aliphatic heterocycles. The highest BCUT2D eigenvalue weighted by Crippen LogP contribution is 2.26. The zero-order valence-electron chi connectivity index (χ0n) is 17.3. The SMILES string of the molecule is O=C(Nc1nnc(-c2ccco2)o1)c1cc(-c2ccccc2)ccc1C(=O)c1ccccc1. The molecule has 33 heavy (non-hydrogen) atoms. The maximum atomic E-state index is 13.2. The molecule has 7 nitrogen and oxygen atoms in total. The normalized spacial score (nSPS) is 10.7. The standard InChI is InChI=1S/C26H17N3O4/c30-23(18-10-5-2-6-11-18)20-14-13-19(17-8-3-1-4-9-17)16-21(20)24(31)27-26-29-28-25(33-26)22-12-7-15-32-22/h1-16H,(H,27,29,31). The maximum absolute atomic E-state index is 13.2. The summed E-state index contributed by atoms with van der Waals surface area (Å²) in [6, 6.07) is 26.8. The summed E-state index contributed by atoms with van der Waals surface area (Å²) in [4.78, 5) is 26.4. The largest absolute Gasteiger partial charge is 0.459 e. The summed E-state index contributed by atoms with van der Waals surface area (Å²) in [6.07, 6.45) is 1.48. The number of ketones is 1. The number of hydrogen-bond donors (Lipinski definition) is 1. The average molecular weight is 435 g/mol. The summed E-state index contributed by atoms with van der Waals surface area (Å²) in [6.45, 7) is 0. The molecule has 2 heterocycles. The number of furan rings is 1. The Morgan fingerprint density at radius 1 is 0.727 bits per heavy atom. The molecule has 1 N–H and O–H groups in total. The summed E-state index contributed by atoms with van der Waals surface area (Å²) in [5, 5.41) is 10.3. The van der Waals surface area contributed by atoms with E-state index in [-0.39, 0.29) is 28.8 Å². The van der Waals surface area contributed by atoms with Gasteiger partial charge in [0.25, 0.3) is 11.8 Å². The fourth-order valence-corrected chi connectivity index (χ4v) is 3.42. The molecule has 0 aliphatic carbocycles. The van der Waals surface area contributed by atoms with Gasteiger partial charge in [0.2, 0.25) is 0 Å². The van der Waals surface area contributed by atoms with Gasteiger partial charge in [0.1, 0.15) is 0 Å². The van der Waals surface area contributed by atoms with Crippen LogP contribution in [-0.2, 0) is 0 Å². The number of rotatable bonds is 6. The Morgan fingerprint density at radius 2 is 1.48 bits per heavy atom. The van der Waals surface area contributed by atoms with E-state index in [1.807, 2.05) is 42.5 Å². The number of aromatic nitrogens is 2. The van der Waals surface area contributed by atoms with Crippen molar-refractivity contribution in [3.63, 3.8) is 0 Å². The first-order valence-electron chi connectivity index (χ1n) is 10.2. The molecule has 5 rings (SSSR count). The molecule has 160 valence electrons. The number of nitrogens with zero attached hydrogens (tertiary/aromatic N) is 2. The van der Waals surface area contributed by atoms with E-state index in [1.165, 1.54) is 6.26 Å². The smallest absolute Gasteiger partial charge is 0.322 e. The van der Waals surface area contributed by atoms with Gasteiger partial charge in [-0.05, 0) is 35.4 Å². The molecule has 2 aromatic heterocycles. The van der Waals surface area contributed by atoms with Crippen molar-refractivity contribution in [2.45, 2.75) is 0 Å². The van der Waals surface area contributed by atoms with Crippen molar-refractivity contribution in [1.82, 2.24) is 10.2 Å². The number of carbonyl (C=O) groups excluding carboxylic acids is 2. The zero-order valence-corrected chi connectivity index (χ0v) is 17.3. The van der Waals surface area contributed by atoms with Gasteiger partial charge in [-0.2, -0.15) is 0 Å². The number of hydrogen-bond acceptors (Lipinski definition) is 6. The van der Waals surface area contributed by atoms with Gasteiger partial charge in [-0.25, -0.2) is 0 Å². The molecule has 0 radical (unpaired) electrons. The Hall–Kier alpha value is -4.78. The van der Waals surface area contributed by atoms with Crippen molar-refractivity contribution in [2.24, 2.45) is 0 Å². The third-order valence-electron chi connectivity index (χ3n) is 5.03. The summed E-state index contributed by atoms with van der Waals surface area (Å²) in [5.74, 6) is -0.285. The molecule has 7 heteroatoms. The van der Waals surface area contributed by atoms with E-state index in [4.69, 9.17) is 8.83 Å². The van der Waals surface area contributed by atoms with Crippen LogP contribution in [0, 0.1) is 0 Å². The highest BCUT2D eigenvalue weighted by molar-refractivity contribution is 6.17. The van der Waals surface area contributed by atoms with Gasteiger partial charge in [-0.3, -0.25) is 14.9 Å². The third-order valence-corrected chi connectivity index (χ3v) is 5.03. The summed E-state index contributed by atoms with van der Waals surface area (Å²) >= 11 is 0. The monoisotopic (exact) mass is 435 g/mol. The van der Waals surface area contributed by atoms with Crippen LogP contribution >= 0.6 is 0 Å². The van der Waals surface area contributed by atoms with Crippen LogP contribution in [0.5, 0.6) is 0 Å². The molecule has 0 aliphatic rings. The number of nitrogens with one attached hydrogen (secondary N) is 1. The fraction of sp³-hybridized carbons (Fsp3) is 0. The van der Waals surface area contributed by atoms with Crippen LogP contribution in [0.25, 0.3) is 22.8 Å². The van der Waals surface area contributed by atoms with E-state index in [0.717, 1.165) is 11.1 Å². The van der Waals surface area contributed by atoms with Crippen molar-refractivity contribution in [3.05, 3.63) is 114 Å². The predicted molar refractivity (Wildman–Crippen MR) is 122 cm³/mol. The molecule has 5 aromatic rings. The Morgan fingerprint density at radius 3 is 2.21 bits per heavy atom. The van der Waals surface area contributed by atoms with Gasteiger partial charge in [-0.1, -0.05) is 71.8 Å². The molecule has 0 bridgehead atoms. The van der Waals surface area contributed by atoms with Gasteiger partial charge < -0.3 is 8.83 Å². The molecular weight excluding hydrogens is 418 g/mol. The summed E-state index contributed by atoms with van der Waals surface area (Å²) < 4.78 is 10.7. The number of benzene rings is 3. The Kier molecular flexibility index (Phi) is 5.35. The second-order valence-corrected chi connectivity index (χ2v) is 7.17. The maximum Gasteiger partial charge on any atom is 0.322 e. The number of amides is 1. The average Bonchev–Trinajstić information content (AvgIpc) is 3.57. The highest BCUT2D eigenvalue weighted by atomic mass is 16.4. The molecule has 0 unspecified atom stereocenters. The molecule has 3 aromatic carbocycles. The molecule has 0 fully saturated rings. The highest BCUT2D eigenvalue weighted by Gasteiger charge is 2.21. The van der Waals surface area contributed by atoms with Crippen LogP contribution in [0.1, 0.15) is 26.3 Å². The number of carbonyl (C=O) groups is 2. The fourth-order valence-electron chi connectivity index (χ4n) is 3.42. The topological polar surface area (TPSA) is 98.2 Å². The Bertz CT molecular complexity index is 1410. The lowest BCUT2D eigenvalue weighted by Gasteiger charge is -2.11. The van der Waals surface area contributed by atoms with E-state index >= 15 is 0 Å². The van der Waals surface area contributed by atoms with Crippen LogP contribution in [0.15, 0.2) is 106 Å². The lowest BCUT2D eigenvalue weighted by molar-refractivity contribution is 0.0994. The van der Waals surface area contributed by atoms with Gasteiger partial charge in [0, 0.05) is 11.1 Å². The molecule has 0 saturated carbocycles. The van der Waals surface area contributed by atoms with Crippen LogP contribution in [0.3, 0.4) is 0 Å². The van der Waals surface area contributed by atoms with E-state index in [9.17, 15) is 9.59 Å².